The van der Waals surface area contributed by atoms with E-state index in [1.54, 1.807) is 25.1 Å². The summed E-state index contributed by atoms with van der Waals surface area (Å²) >= 11 is 9.21. The third-order valence-electron chi connectivity index (χ3n) is 2.46. The molecule has 1 rings (SSSR count). The summed E-state index contributed by atoms with van der Waals surface area (Å²) in [6, 6.07) is 4.69. The first-order valence-corrected chi connectivity index (χ1v) is 6.80. The van der Waals surface area contributed by atoms with Crippen LogP contribution in [0.2, 0.25) is 5.02 Å². The number of halogens is 2. The van der Waals surface area contributed by atoms with Crippen molar-refractivity contribution in [3.63, 3.8) is 0 Å². The van der Waals surface area contributed by atoms with Crippen LogP contribution in [0.15, 0.2) is 22.7 Å². The van der Waals surface area contributed by atoms with Gasteiger partial charge in [-0.05, 0) is 24.6 Å². The molecule has 0 aliphatic carbocycles. The van der Waals surface area contributed by atoms with Crippen molar-refractivity contribution in [3.8, 4) is 0 Å². The van der Waals surface area contributed by atoms with Crippen LogP contribution in [-0.2, 0) is 4.79 Å². The number of nitrogens with one attached hydrogen (secondary N) is 2. The van der Waals surface area contributed by atoms with Crippen LogP contribution in [-0.4, -0.2) is 23.7 Å². The average Bonchev–Trinajstić information content (AvgIpc) is 2.32. The van der Waals surface area contributed by atoms with Gasteiger partial charge in [0.1, 0.15) is 0 Å². The van der Waals surface area contributed by atoms with E-state index in [2.05, 4.69) is 26.6 Å². The molecule has 0 fully saturated rings. The molecule has 1 aromatic rings. The Morgan fingerprint density at radius 3 is 2.74 bits per heavy atom. The van der Waals surface area contributed by atoms with Crippen LogP contribution in [0.25, 0.3) is 0 Å². The molecule has 0 spiro atoms. The fourth-order valence-corrected chi connectivity index (χ4v) is 2.00. The molecule has 3 N–H and O–H groups in total. The van der Waals surface area contributed by atoms with Gasteiger partial charge in [-0.3, -0.25) is 4.79 Å². The van der Waals surface area contributed by atoms with E-state index in [1.807, 2.05) is 0 Å². The van der Waals surface area contributed by atoms with Gasteiger partial charge in [0.15, 0.2) is 0 Å². The first-order valence-electron chi connectivity index (χ1n) is 5.63. The fourth-order valence-electron chi connectivity index (χ4n) is 1.28. The van der Waals surface area contributed by atoms with Gasteiger partial charge in [0.2, 0.25) is 0 Å². The van der Waals surface area contributed by atoms with E-state index in [9.17, 15) is 9.59 Å². The number of anilines is 1. The average molecular weight is 350 g/mol. The van der Waals surface area contributed by atoms with Crippen molar-refractivity contribution in [2.75, 3.05) is 11.9 Å². The smallest absolute Gasteiger partial charge is 0.319 e. The van der Waals surface area contributed by atoms with Crippen molar-refractivity contribution in [2.45, 2.75) is 13.3 Å². The summed E-state index contributed by atoms with van der Waals surface area (Å²) in [6.45, 7) is 1.88. The predicted molar refractivity (Wildman–Crippen MR) is 77.6 cm³/mol. The Morgan fingerprint density at radius 2 is 2.16 bits per heavy atom. The number of amides is 2. The van der Waals surface area contributed by atoms with Crippen molar-refractivity contribution >= 4 is 45.2 Å². The molecule has 0 aromatic heterocycles. The van der Waals surface area contributed by atoms with Gasteiger partial charge in [0.25, 0.3) is 0 Å². The molecule has 0 saturated heterocycles. The summed E-state index contributed by atoms with van der Waals surface area (Å²) in [6.07, 6.45) is 0.372. The second-order valence-electron chi connectivity index (χ2n) is 4.03. The van der Waals surface area contributed by atoms with Crippen LogP contribution in [0.5, 0.6) is 0 Å². The van der Waals surface area contributed by atoms with Crippen molar-refractivity contribution in [2.24, 2.45) is 5.92 Å². The van der Waals surface area contributed by atoms with E-state index in [1.165, 1.54) is 0 Å². The molecule has 19 heavy (non-hydrogen) atoms. The molecule has 0 heterocycles. The number of hydrogen-bond acceptors (Lipinski definition) is 2. The van der Waals surface area contributed by atoms with Gasteiger partial charge in [0, 0.05) is 11.0 Å². The number of rotatable bonds is 5. The lowest BCUT2D eigenvalue weighted by atomic mass is 10.1. The van der Waals surface area contributed by atoms with E-state index in [0.29, 0.717) is 17.1 Å². The molecule has 104 valence electrons. The number of hydrogen-bond donors (Lipinski definition) is 3. The molecule has 2 amide bonds. The minimum absolute atomic E-state index is 0.285. The molecule has 1 aromatic carbocycles. The summed E-state index contributed by atoms with van der Waals surface area (Å²) in [5.41, 5.74) is 0.494. The molecular formula is C12H14BrClN2O3. The number of aliphatic carboxylic acids is 1. The van der Waals surface area contributed by atoms with Crippen LogP contribution in [0.1, 0.15) is 13.3 Å². The van der Waals surface area contributed by atoms with Crippen LogP contribution in [0, 0.1) is 5.92 Å². The molecule has 0 bridgehead atoms. The molecule has 0 aliphatic heterocycles. The standard InChI is InChI=1S/C12H14BrClN2O3/c1-7(11(17)18)4-5-15-12(19)16-10-3-2-8(13)6-9(10)14/h2-3,6-7H,4-5H2,1H3,(H,17,18)(H2,15,16,19). The quantitative estimate of drug-likeness (QED) is 0.763. The SMILES string of the molecule is CC(CCNC(=O)Nc1ccc(Br)cc1Cl)C(=O)O. The number of benzene rings is 1. The zero-order valence-corrected chi connectivity index (χ0v) is 12.6. The van der Waals surface area contributed by atoms with E-state index in [4.69, 9.17) is 16.7 Å². The Labute approximate surface area is 124 Å². The number of carboxylic acids is 1. The molecule has 5 nitrogen and oxygen atoms in total. The van der Waals surface area contributed by atoms with E-state index >= 15 is 0 Å². The second-order valence-corrected chi connectivity index (χ2v) is 5.36. The first-order chi connectivity index (χ1) is 8.90. The van der Waals surface area contributed by atoms with Gasteiger partial charge in [-0.25, -0.2) is 4.79 Å². The predicted octanol–water partition coefficient (Wildman–Crippen LogP) is 3.33. The van der Waals surface area contributed by atoms with Crippen LogP contribution >= 0.6 is 27.5 Å². The zero-order valence-electron chi connectivity index (χ0n) is 10.2. The van der Waals surface area contributed by atoms with E-state index in [-0.39, 0.29) is 6.54 Å². The maximum atomic E-state index is 11.6. The lowest BCUT2D eigenvalue weighted by molar-refractivity contribution is -0.141. The normalized spacial score (nSPS) is 11.7. The van der Waals surface area contributed by atoms with Gasteiger partial charge in [0.05, 0.1) is 16.6 Å². The molecule has 1 unspecified atom stereocenters. The highest BCUT2D eigenvalue weighted by molar-refractivity contribution is 9.10. The largest absolute Gasteiger partial charge is 0.481 e. The van der Waals surface area contributed by atoms with Gasteiger partial charge in [-0.15, -0.1) is 0 Å². The highest BCUT2D eigenvalue weighted by atomic mass is 79.9. The van der Waals surface area contributed by atoms with Crippen molar-refractivity contribution in [1.82, 2.24) is 5.32 Å². The third kappa shape index (κ3) is 5.48. The summed E-state index contributed by atoms with van der Waals surface area (Å²) in [4.78, 5) is 22.2. The Kier molecular flexibility index (Phi) is 6.11. The molecule has 7 heteroatoms. The van der Waals surface area contributed by atoms with Crippen molar-refractivity contribution in [3.05, 3.63) is 27.7 Å². The minimum Gasteiger partial charge on any atom is -0.481 e. The Hall–Kier alpha value is -1.27. The Bertz CT molecular complexity index is 482. The number of carboxylic acid groups (broad SMARTS) is 1. The molecule has 0 radical (unpaired) electrons. The third-order valence-corrected chi connectivity index (χ3v) is 3.27. The minimum atomic E-state index is -0.877. The van der Waals surface area contributed by atoms with Crippen molar-refractivity contribution < 1.29 is 14.7 Å². The first kappa shape index (κ1) is 15.8. The van der Waals surface area contributed by atoms with E-state index in [0.717, 1.165) is 4.47 Å². The summed E-state index contributed by atoms with van der Waals surface area (Å²) < 4.78 is 0.818. The highest BCUT2D eigenvalue weighted by Crippen LogP contribution is 2.25. The van der Waals surface area contributed by atoms with Crippen molar-refractivity contribution in [1.29, 1.82) is 0 Å². The number of carbonyl (C=O) groups is 2. The molecule has 0 saturated carbocycles. The number of carbonyl (C=O) groups excluding carboxylic acids is 1. The molecule has 0 aliphatic rings. The fraction of sp³-hybridized carbons (Fsp3) is 0.333. The number of urea groups is 1. The molecule has 1 atom stereocenters. The monoisotopic (exact) mass is 348 g/mol. The topological polar surface area (TPSA) is 78.4 Å². The highest BCUT2D eigenvalue weighted by Gasteiger charge is 2.11. The van der Waals surface area contributed by atoms with E-state index < -0.39 is 17.9 Å². The van der Waals surface area contributed by atoms with Crippen LogP contribution in [0.4, 0.5) is 10.5 Å². The van der Waals surface area contributed by atoms with Gasteiger partial charge in [-0.1, -0.05) is 34.5 Å². The van der Waals surface area contributed by atoms with Gasteiger partial charge in [-0.2, -0.15) is 0 Å². The van der Waals surface area contributed by atoms with Gasteiger partial charge >= 0.3 is 12.0 Å². The lowest BCUT2D eigenvalue weighted by Crippen LogP contribution is -2.31. The summed E-state index contributed by atoms with van der Waals surface area (Å²) in [7, 11) is 0. The summed E-state index contributed by atoms with van der Waals surface area (Å²) in [5, 5.41) is 14.3. The molecular weight excluding hydrogens is 336 g/mol. The Balaban J connectivity index is 2.41. The van der Waals surface area contributed by atoms with Crippen LogP contribution < -0.4 is 10.6 Å². The second kappa shape index (κ2) is 7.35. The summed E-state index contributed by atoms with van der Waals surface area (Å²) in [5.74, 6) is -1.37. The Morgan fingerprint density at radius 1 is 1.47 bits per heavy atom. The maximum Gasteiger partial charge on any atom is 0.319 e. The van der Waals surface area contributed by atoms with Crippen LogP contribution in [0.3, 0.4) is 0 Å². The van der Waals surface area contributed by atoms with Gasteiger partial charge < -0.3 is 15.7 Å². The maximum absolute atomic E-state index is 11.6. The lowest BCUT2D eigenvalue weighted by Gasteiger charge is -2.10. The zero-order chi connectivity index (χ0) is 14.4.